The van der Waals surface area contributed by atoms with Gasteiger partial charge in [0.2, 0.25) is 0 Å². The van der Waals surface area contributed by atoms with Gasteiger partial charge in [-0.15, -0.1) is 11.3 Å². The molecule has 0 atom stereocenters. The van der Waals surface area contributed by atoms with Crippen molar-refractivity contribution in [2.75, 3.05) is 5.73 Å². The van der Waals surface area contributed by atoms with E-state index in [1.165, 1.54) is 10.4 Å². The van der Waals surface area contributed by atoms with Gasteiger partial charge in [0.05, 0.1) is 0 Å². The van der Waals surface area contributed by atoms with Crippen LogP contribution in [-0.2, 0) is 12.8 Å². The minimum atomic E-state index is 1.02. The fourth-order valence-electron chi connectivity index (χ4n) is 0.996. The lowest BCUT2D eigenvalue weighted by atomic mass is 10.2. The zero-order chi connectivity index (χ0) is 7.56. The van der Waals surface area contributed by atoms with Gasteiger partial charge < -0.3 is 5.73 Å². The number of hydrogen-bond acceptors (Lipinski definition) is 2. The van der Waals surface area contributed by atoms with E-state index in [1.54, 1.807) is 11.3 Å². The van der Waals surface area contributed by atoms with E-state index in [4.69, 9.17) is 5.73 Å². The van der Waals surface area contributed by atoms with Gasteiger partial charge >= 0.3 is 0 Å². The van der Waals surface area contributed by atoms with E-state index in [-0.39, 0.29) is 0 Å². The summed E-state index contributed by atoms with van der Waals surface area (Å²) in [5, 5.41) is 2.16. The molecule has 0 spiro atoms. The molecule has 0 saturated heterocycles. The van der Waals surface area contributed by atoms with E-state index in [0.717, 1.165) is 18.5 Å². The van der Waals surface area contributed by atoms with Crippen LogP contribution >= 0.6 is 11.3 Å². The summed E-state index contributed by atoms with van der Waals surface area (Å²) in [5.41, 5.74) is 8.17. The second-order valence-electron chi connectivity index (χ2n) is 2.30. The number of hydrogen-bond donors (Lipinski definition) is 1. The maximum Gasteiger partial charge on any atom is 0.0487 e. The van der Waals surface area contributed by atoms with Crippen LogP contribution in [-0.4, -0.2) is 0 Å². The Hall–Kier alpha value is -0.500. The molecule has 1 aromatic heterocycles. The van der Waals surface area contributed by atoms with Gasteiger partial charge in [-0.25, -0.2) is 0 Å². The smallest absolute Gasteiger partial charge is 0.0487 e. The molecule has 2 N–H and O–H groups in total. The summed E-state index contributed by atoms with van der Waals surface area (Å²) < 4.78 is 0. The lowest BCUT2D eigenvalue weighted by Gasteiger charge is -1.95. The molecule has 1 rings (SSSR count). The van der Waals surface area contributed by atoms with Gasteiger partial charge in [-0.1, -0.05) is 13.8 Å². The molecule has 2 heteroatoms. The van der Waals surface area contributed by atoms with Gasteiger partial charge in [0.15, 0.2) is 0 Å². The fraction of sp³-hybridized carbons (Fsp3) is 0.500. The molecule has 0 fully saturated rings. The lowest BCUT2D eigenvalue weighted by molar-refractivity contribution is 1.14. The quantitative estimate of drug-likeness (QED) is 0.697. The Morgan fingerprint density at radius 2 is 2.10 bits per heavy atom. The highest BCUT2D eigenvalue weighted by Crippen LogP contribution is 2.25. The summed E-state index contributed by atoms with van der Waals surface area (Å²) in [6.45, 7) is 4.28. The summed E-state index contributed by atoms with van der Waals surface area (Å²) in [4.78, 5) is 1.33. The van der Waals surface area contributed by atoms with E-state index in [1.807, 2.05) is 0 Å². The number of rotatable bonds is 2. The summed E-state index contributed by atoms with van der Waals surface area (Å²) in [7, 11) is 0. The Balaban J connectivity index is 2.97. The van der Waals surface area contributed by atoms with Gasteiger partial charge in [0.25, 0.3) is 0 Å². The Kier molecular flexibility index (Phi) is 2.33. The Morgan fingerprint density at radius 3 is 2.40 bits per heavy atom. The molecule has 0 aliphatic rings. The van der Waals surface area contributed by atoms with Crippen molar-refractivity contribution in [2.45, 2.75) is 26.7 Å². The summed E-state index contributed by atoms with van der Waals surface area (Å²) >= 11 is 1.78. The van der Waals surface area contributed by atoms with Crippen LogP contribution in [0.5, 0.6) is 0 Å². The molecule has 1 heterocycles. The number of aryl methyl sites for hydroxylation is 2. The standard InChI is InChI=1S/C8H13NS/c1-3-6-5-10-7(4-2)8(6)9/h5H,3-4,9H2,1-2H3. The third-order valence-electron chi connectivity index (χ3n) is 1.69. The van der Waals surface area contributed by atoms with Crippen LogP contribution < -0.4 is 5.73 Å². The van der Waals surface area contributed by atoms with Crippen molar-refractivity contribution in [3.05, 3.63) is 15.8 Å². The molecule has 1 nitrogen and oxygen atoms in total. The zero-order valence-electron chi connectivity index (χ0n) is 6.48. The molecule has 0 amide bonds. The monoisotopic (exact) mass is 155 g/mol. The topological polar surface area (TPSA) is 26.0 Å². The molecule has 56 valence electrons. The van der Waals surface area contributed by atoms with Crippen molar-refractivity contribution in [3.8, 4) is 0 Å². The number of nitrogens with two attached hydrogens (primary N) is 1. The Bertz CT molecular complexity index is 194. The molecule has 0 unspecified atom stereocenters. The lowest BCUT2D eigenvalue weighted by Crippen LogP contribution is -1.90. The molecule has 0 aliphatic heterocycles. The second-order valence-corrected chi connectivity index (χ2v) is 3.27. The van der Waals surface area contributed by atoms with Crippen LogP contribution in [0.15, 0.2) is 5.38 Å². The van der Waals surface area contributed by atoms with Crippen LogP contribution in [0, 0.1) is 0 Å². The normalized spacial score (nSPS) is 10.2. The highest BCUT2D eigenvalue weighted by Gasteiger charge is 2.03. The van der Waals surface area contributed by atoms with Gasteiger partial charge in [-0.3, -0.25) is 0 Å². The van der Waals surface area contributed by atoms with Crippen LogP contribution in [0.1, 0.15) is 24.3 Å². The first-order chi connectivity index (χ1) is 4.79. The number of thiophene rings is 1. The average molecular weight is 155 g/mol. The van der Waals surface area contributed by atoms with E-state index in [0.29, 0.717) is 0 Å². The van der Waals surface area contributed by atoms with Crippen molar-refractivity contribution in [1.29, 1.82) is 0 Å². The zero-order valence-corrected chi connectivity index (χ0v) is 7.29. The largest absolute Gasteiger partial charge is 0.398 e. The molecule has 1 aromatic rings. The van der Waals surface area contributed by atoms with Gasteiger partial charge in [-0.05, 0) is 23.8 Å². The van der Waals surface area contributed by atoms with Gasteiger partial charge in [0, 0.05) is 10.6 Å². The SMILES string of the molecule is CCc1csc(CC)c1N. The van der Waals surface area contributed by atoms with E-state index in [2.05, 4.69) is 19.2 Å². The summed E-state index contributed by atoms with van der Waals surface area (Å²) in [6, 6.07) is 0. The summed E-state index contributed by atoms with van der Waals surface area (Å²) in [6.07, 6.45) is 2.12. The third kappa shape index (κ3) is 1.16. The van der Waals surface area contributed by atoms with Crippen LogP contribution in [0.2, 0.25) is 0 Å². The first kappa shape index (κ1) is 7.61. The van der Waals surface area contributed by atoms with E-state index >= 15 is 0 Å². The highest BCUT2D eigenvalue weighted by atomic mass is 32.1. The first-order valence-corrected chi connectivity index (χ1v) is 4.52. The minimum Gasteiger partial charge on any atom is -0.398 e. The second kappa shape index (κ2) is 3.06. The van der Waals surface area contributed by atoms with Crippen LogP contribution in [0.25, 0.3) is 0 Å². The van der Waals surface area contributed by atoms with E-state index < -0.39 is 0 Å². The molecular formula is C8H13NS. The van der Waals surface area contributed by atoms with Gasteiger partial charge in [-0.2, -0.15) is 0 Å². The van der Waals surface area contributed by atoms with E-state index in [9.17, 15) is 0 Å². The van der Waals surface area contributed by atoms with Crippen molar-refractivity contribution < 1.29 is 0 Å². The molecule has 10 heavy (non-hydrogen) atoms. The Morgan fingerprint density at radius 1 is 1.40 bits per heavy atom. The Labute approximate surface area is 65.9 Å². The average Bonchev–Trinajstić information content (AvgIpc) is 2.30. The van der Waals surface area contributed by atoms with Crippen LogP contribution in [0.4, 0.5) is 5.69 Å². The predicted octanol–water partition coefficient (Wildman–Crippen LogP) is 2.46. The van der Waals surface area contributed by atoms with Crippen LogP contribution in [0.3, 0.4) is 0 Å². The third-order valence-corrected chi connectivity index (χ3v) is 2.89. The molecule has 0 bridgehead atoms. The number of anilines is 1. The van der Waals surface area contributed by atoms with Crippen molar-refractivity contribution in [1.82, 2.24) is 0 Å². The van der Waals surface area contributed by atoms with Crippen molar-refractivity contribution >= 4 is 17.0 Å². The molecule has 0 aromatic carbocycles. The van der Waals surface area contributed by atoms with Gasteiger partial charge in [0.1, 0.15) is 0 Å². The maximum absolute atomic E-state index is 5.83. The molecule has 0 aliphatic carbocycles. The number of nitrogen functional groups attached to an aromatic ring is 1. The molecule has 0 radical (unpaired) electrons. The maximum atomic E-state index is 5.83. The van der Waals surface area contributed by atoms with Crippen molar-refractivity contribution in [3.63, 3.8) is 0 Å². The molecular weight excluding hydrogens is 142 g/mol. The minimum absolute atomic E-state index is 1.02. The summed E-state index contributed by atoms with van der Waals surface area (Å²) in [5.74, 6) is 0. The fourth-order valence-corrected chi connectivity index (χ4v) is 2.00. The van der Waals surface area contributed by atoms with Crippen molar-refractivity contribution in [2.24, 2.45) is 0 Å². The predicted molar refractivity (Wildman–Crippen MR) is 47.5 cm³/mol. The first-order valence-electron chi connectivity index (χ1n) is 3.64. The molecule has 0 saturated carbocycles. The highest BCUT2D eigenvalue weighted by molar-refractivity contribution is 7.10.